The van der Waals surface area contributed by atoms with Crippen LogP contribution in [0.3, 0.4) is 0 Å². The first kappa shape index (κ1) is 12.7. The van der Waals surface area contributed by atoms with Crippen LogP contribution in [0, 0.1) is 6.92 Å². The quantitative estimate of drug-likeness (QED) is 0.815. The summed E-state index contributed by atoms with van der Waals surface area (Å²) >= 11 is 0. The summed E-state index contributed by atoms with van der Waals surface area (Å²) < 4.78 is 0. The minimum atomic E-state index is -0.541. The molecule has 1 atom stereocenters. The lowest BCUT2D eigenvalue weighted by Crippen LogP contribution is -2.48. The maximum atomic E-state index is 11.9. The van der Waals surface area contributed by atoms with Crippen LogP contribution in [0.15, 0.2) is 24.3 Å². The monoisotopic (exact) mass is 221 g/mol. The number of carbonyl (C=O) groups is 1. The first-order valence-electron chi connectivity index (χ1n) is 5.51. The van der Waals surface area contributed by atoms with Gasteiger partial charge in [0.2, 0.25) is 0 Å². The van der Waals surface area contributed by atoms with Crippen LogP contribution in [-0.4, -0.2) is 23.2 Å². The van der Waals surface area contributed by atoms with E-state index in [1.807, 2.05) is 39.0 Å². The highest BCUT2D eigenvalue weighted by molar-refractivity contribution is 5.94. The fraction of sp³-hybridized carbons (Fsp3) is 0.462. The number of nitrogens with one attached hydrogen (secondary N) is 1. The zero-order valence-corrected chi connectivity index (χ0v) is 10.1. The number of rotatable bonds is 4. The van der Waals surface area contributed by atoms with E-state index >= 15 is 0 Å². The normalized spacial score (nSPS) is 14.2. The van der Waals surface area contributed by atoms with E-state index in [0.717, 1.165) is 5.56 Å². The van der Waals surface area contributed by atoms with E-state index in [-0.39, 0.29) is 12.5 Å². The molecule has 0 bridgehead atoms. The van der Waals surface area contributed by atoms with Crippen molar-refractivity contribution < 1.29 is 9.90 Å². The summed E-state index contributed by atoms with van der Waals surface area (Å²) in [7, 11) is 0. The molecule has 0 aliphatic rings. The molecular formula is C13H19NO2. The van der Waals surface area contributed by atoms with Crippen molar-refractivity contribution in [2.45, 2.75) is 32.7 Å². The summed E-state index contributed by atoms with van der Waals surface area (Å²) in [6, 6.07) is 7.41. The van der Waals surface area contributed by atoms with Crippen molar-refractivity contribution in [3.8, 4) is 0 Å². The average molecular weight is 221 g/mol. The van der Waals surface area contributed by atoms with E-state index in [9.17, 15) is 9.90 Å². The minimum Gasteiger partial charge on any atom is -0.394 e. The zero-order chi connectivity index (χ0) is 12.2. The molecule has 1 rings (SSSR count). The first-order chi connectivity index (χ1) is 7.50. The molecule has 1 amide bonds. The van der Waals surface area contributed by atoms with Crippen molar-refractivity contribution in [1.82, 2.24) is 5.32 Å². The molecule has 1 aromatic carbocycles. The van der Waals surface area contributed by atoms with Crippen molar-refractivity contribution in [3.05, 3.63) is 35.4 Å². The third kappa shape index (κ3) is 3.07. The summed E-state index contributed by atoms with van der Waals surface area (Å²) in [4.78, 5) is 11.9. The second-order valence-corrected chi connectivity index (χ2v) is 4.40. The molecule has 1 unspecified atom stereocenters. The van der Waals surface area contributed by atoms with Gasteiger partial charge < -0.3 is 10.4 Å². The predicted octanol–water partition coefficient (Wildman–Crippen LogP) is 1.89. The van der Waals surface area contributed by atoms with Crippen LogP contribution in [0.5, 0.6) is 0 Å². The summed E-state index contributed by atoms with van der Waals surface area (Å²) in [6.45, 7) is 5.66. The van der Waals surface area contributed by atoms with Crippen LogP contribution in [0.2, 0.25) is 0 Å². The van der Waals surface area contributed by atoms with Gasteiger partial charge in [-0.05, 0) is 32.4 Å². The predicted molar refractivity (Wildman–Crippen MR) is 64.4 cm³/mol. The smallest absolute Gasteiger partial charge is 0.251 e. The molecule has 0 saturated carbocycles. The molecule has 0 heterocycles. The first-order valence-corrected chi connectivity index (χ1v) is 5.51. The molecule has 0 aliphatic carbocycles. The zero-order valence-electron chi connectivity index (χ0n) is 10.1. The summed E-state index contributed by atoms with van der Waals surface area (Å²) in [5, 5.41) is 12.1. The molecule has 3 nitrogen and oxygen atoms in total. The van der Waals surface area contributed by atoms with Gasteiger partial charge in [0, 0.05) is 5.56 Å². The Balaban J connectivity index is 2.80. The van der Waals surface area contributed by atoms with Gasteiger partial charge in [-0.3, -0.25) is 4.79 Å². The van der Waals surface area contributed by atoms with E-state index in [2.05, 4.69) is 5.32 Å². The average Bonchev–Trinajstić information content (AvgIpc) is 2.29. The third-order valence-corrected chi connectivity index (χ3v) is 2.82. The third-order valence-electron chi connectivity index (χ3n) is 2.82. The van der Waals surface area contributed by atoms with Gasteiger partial charge in [0.05, 0.1) is 12.1 Å². The summed E-state index contributed by atoms with van der Waals surface area (Å²) in [5.41, 5.74) is 1.14. The maximum Gasteiger partial charge on any atom is 0.251 e. The summed E-state index contributed by atoms with van der Waals surface area (Å²) in [6.07, 6.45) is 0.695. The fourth-order valence-corrected chi connectivity index (χ4v) is 1.37. The number of hydrogen-bond donors (Lipinski definition) is 2. The van der Waals surface area contributed by atoms with Gasteiger partial charge in [-0.15, -0.1) is 0 Å². The molecule has 0 aliphatic heterocycles. The Morgan fingerprint density at radius 3 is 2.69 bits per heavy atom. The van der Waals surface area contributed by atoms with Crippen LogP contribution < -0.4 is 5.32 Å². The number of aliphatic hydroxyl groups excluding tert-OH is 1. The second-order valence-electron chi connectivity index (χ2n) is 4.40. The molecular weight excluding hydrogens is 202 g/mol. The van der Waals surface area contributed by atoms with Gasteiger partial charge in [0.25, 0.3) is 5.91 Å². The highest BCUT2D eigenvalue weighted by atomic mass is 16.3. The highest BCUT2D eigenvalue weighted by Gasteiger charge is 2.23. The van der Waals surface area contributed by atoms with Gasteiger partial charge in [-0.2, -0.15) is 0 Å². The Bertz CT molecular complexity index is 370. The van der Waals surface area contributed by atoms with Crippen LogP contribution in [0.25, 0.3) is 0 Å². The number of amides is 1. The molecule has 0 aromatic heterocycles. The molecule has 88 valence electrons. The fourth-order valence-electron chi connectivity index (χ4n) is 1.37. The van der Waals surface area contributed by atoms with E-state index in [1.165, 1.54) is 0 Å². The lowest BCUT2D eigenvalue weighted by Gasteiger charge is -2.27. The molecule has 2 N–H and O–H groups in total. The van der Waals surface area contributed by atoms with E-state index in [0.29, 0.717) is 12.0 Å². The summed E-state index contributed by atoms with van der Waals surface area (Å²) in [5.74, 6) is -0.137. The highest BCUT2D eigenvalue weighted by Crippen LogP contribution is 2.10. The Kier molecular flexibility index (Phi) is 4.07. The van der Waals surface area contributed by atoms with E-state index in [4.69, 9.17) is 0 Å². The minimum absolute atomic E-state index is 0.0545. The number of aryl methyl sites for hydroxylation is 1. The Labute approximate surface area is 96.5 Å². The second kappa shape index (κ2) is 5.12. The lowest BCUT2D eigenvalue weighted by molar-refractivity contribution is 0.0847. The van der Waals surface area contributed by atoms with Gasteiger partial charge in [0.1, 0.15) is 0 Å². The number of carbonyl (C=O) groups excluding carboxylic acids is 1. The van der Waals surface area contributed by atoms with Crippen molar-refractivity contribution >= 4 is 5.91 Å². The Hall–Kier alpha value is -1.35. The largest absolute Gasteiger partial charge is 0.394 e. The molecule has 0 saturated heterocycles. The molecule has 0 radical (unpaired) electrons. The lowest BCUT2D eigenvalue weighted by atomic mass is 9.99. The number of hydrogen-bond acceptors (Lipinski definition) is 2. The van der Waals surface area contributed by atoms with Crippen molar-refractivity contribution in [2.75, 3.05) is 6.61 Å². The van der Waals surface area contributed by atoms with Gasteiger partial charge in [-0.25, -0.2) is 0 Å². The molecule has 1 aromatic rings. The molecule has 16 heavy (non-hydrogen) atoms. The molecule has 3 heteroatoms. The van der Waals surface area contributed by atoms with Crippen LogP contribution in [-0.2, 0) is 0 Å². The topological polar surface area (TPSA) is 49.3 Å². The van der Waals surface area contributed by atoms with Crippen molar-refractivity contribution in [3.63, 3.8) is 0 Å². The Morgan fingerprint density at radius 2 is 2.19 bits per heavy atom. The maximum absolute atomic E-state index is 11.9. The van der Waals surface area contributed by atoms with Gasteiger partial charge in [0.15, 0.2) is 0 Å². The van der Waals surface area contributed by atoms with Crippen LogP contribution in [0.4, 0.5) is 0 Å². The van der Waals surface area contributed by atoms with Crippen molar-refractivity contribution in [2.24, 2.45) is 0 Å². The Morgan fingerprint density at radius 1 is 1.50 bits per heavy atom. The van der Waals surface area contributed by atoms with Crippen molar-refractivity contribution in [1.29, 1.82) is 0 Å². The number of aliphatic hydroxyl groups is 1. The standard InChI is InChI=1S/C13H19NO2/c1-4-13(3,9-15)14-12(16)11-7-5-6-10(2)8-11/h5-8,15H,4,9H2,1-3H3,(H,14,16). The van der Waals surface area contributed by atoms with Crippen LogP contribution >= 0.6 is 0 Å². The van der Waals surface area contributed by atoms with Gasteiger partial charge in [-0.1, -0.05) is 24.6 Å². The van der Waals surface area contributed by atoms with Crippen LogP contribution in [0.1, 0.15) is 36.2 Å². The number of benzene rings is 1. The van der Waals surface area contributed by atoms with E-state index in [1.54, 1.807) is 6.07 Å². The SMILES string of the molecule is CCC(C)(CO)NC(=O)c1cccc(C)c1. The van der Waals surface area contributed by atoms with Gasteiger partial charge >= 0.3 is 0 Å². The molecule has 0 fully saturated rings. The van der Waals surface area contributed by atoms with E-state index < -0.39 is 5.54 Å². The molecule has 0 spiro atoms.